The van der Waals surface area contributed by atoms with E-state index in [1.165, 1.54) is 7.11 Å². The van der Waals surface area contributed by atoms with Crippen LogP contribution in [0.25, 0.3) is 5.76 Å². The van der Waals surface area contributed by atoms with E-state index >= 15 is 0 Å². The highest BCUT2D eigenvalue weighted by Gasteiger charge is 2.46. The standard InChI is InChI=1S/C24H27BrN2O4/c1-4-26(5-2)12-13-27-21(16-8-6-10-18(25)14-16)20(23(29)24(27)30)22(28)17-9-7-11-19(15-17)31-3/h6-11,14-15,21,28H,4-5,12-13H2,1-3H3. The van der Waals surface area contributed by atoms with Crippen molar-refractivity contribution in [1.29, 1.82) is 0 Å². The monoisotopic (exact) mass is 486 g/mol. The van der Waals surface area contributed by atoms with Crippen LogP contribution in [-0.2, 0) is 9.59 Å². The number of ketones is 1. The van der Waals surface area contributed by atoms with Crippen LogP contribution in [0.1, 0.15) is 31.0 Å². The Morgan fingerprint density at radius 1 is 1.13 bits per heavy atom. The van der Waals surface area contributed by atoms with Crippen LogP contribution in [0.5, 0.6) is 5.75 Å². The maximum Gasteiger partial charge on any atom is 0.295 e. The van der Waals surface area contributed by atoms with Gasteiger partial charge in [-0.2, -0.15) is 0 Å². The number of amides is 1. The first kappa shape index (κ1) is 23.0. The number of likely N-dealkylation sites (N-methyl/N-ethyl adjacent to an activating group) is 1. The third kappa shape index (κ3) is 4.83. The molecule has 31 heavy (non-hydrogen) atoms. The highest BCUT2D eigenvalue weighted by atomic mass is 79.9. The van der Waals surface area contributed by atoms with E-state index in [1.807, 2.05) is 24.3 Å². The molecule has 1 aliphatic heterocycles. The first-order valence-corrected chi connectivity index (χ1v) is 11.1. The number of Topliss-reactive ketones (excluding diaryl/α,β-unsaturated/α-hetero) is 1. The highest BCUT2D eigenvalue weighted by molar-refractivity contribution is 9.10. The molecule has 164 valence electrons. The van der Waals surface area contributed by atoms with Crippen molar-refractivity contribution < 1.29 is 19.4 Å². The number of benzene rings is 2. The summed E-state index contributed by atoms with van der Waals surface area (Å²) in [5.74, 6) is -0.919. The van der Waals surface area contributed by atoms with Crippen molar-refractivity contribution in [2.75, 3.05) is 33.3 Å². The van der Waals surface area contributed by atoms with Crippen LogP contribution in [0.4, 0.5) is 0 Å². The lowest BCUT2D eigenvalue weighted by molar-refractivity contribution is -0.140. The fourth-order valence-electron chi connectivity index (χ4n) is 3.85. The van der Waals surface area contributed by atoms with Crippen LogP contribution in [0, 0.1) is 0 Å². The molecule has 0 aliphatic carbocycles. The molecule has 0 bridgehead atoms. The molecule has 0 saturated carbocycles. The first-order chi connectivity index (χ1) is 14.9. The van der Waals surface area contributed by atoms with Gasteiger partial charge in [0.15, 0.2) is 0 Å². The number of aliphatic hydroxyl groups excluding tert-OH is 1. The number of halogens is 1. The lowest BCUT2D eigenvalue weighted by atomic mass is 9.95. The van der Waals surface area contributed by atoms with Crippen LogP contribution < -0.4 is 4.74 Å². The zero-order valence-electron chi connectivity index (χ0n) is 18.0. The van der Waals surface area contributed by atoms with Crippen LogP contribution >= 0.6 is 15.9 Å². The Morgan fingerprint density at radius 2 is 1.84 bits per heavy atom. The van der Waals surface area contributed by atoms with Gasteiger partial charge in [0.1, 0.15) is 11.5 Å². The summed E-state index contributed by atoms with van der Waals surface area (Å²) < 4.78 is 6.08. The third-order valence-electron chi connectivity index (χ3n) is 5.60. The number of likely N-dealkylation sites (tertiary alicyclic amines) is 1. The predicted molar refractivity (Wildman–Crippen MR) is 124 cm³/mol. The zero-order valence-corrected chi connectivity index (χ0v) is 19.6. The SMILES string of the molecule is CCN(CC)CCN1C(=O)C(=O)C(=C(O)c2cccc(OC)c2)C1c1cccc(Br)c1. The number of nitrogens with zero attached hydrogens (tertiary/aromatic N) is 2. The Balaban J connectivity index is 2.11. The summed E-state index contributed by atoms with van der Waals surface area (Å²) in [5.41, 5.74) is 1.29. The Hall–Kier alpha value is -2.64. The molecule has 6 nitrogen and oxygen atoms in total. The molecule has 1 aliphatic rings. The summed E-state index contributed by atoms with van der Waals surface area (Å²) in [6, 6.07) is 13.6. The van der Waals surface area contributed by atoms with Crippen molar-refractivity contribution in [2.24, 2.45) is 0 Å². The second kappa shape index (κ2) is 10.1. The normalized spacial score (nSPS) is 18.1. The summed E-state index contributed by atoms with van der Waals surface area (Å²) in [4.78, 5) is 29.8. The molecule has 1 heterocycles. The van der Waals surface area contributed by atoms with Crippen molar-refractivity contribution in [1.82, 2.24) is 9.80 Å². The van der Waals surface area contributed by atoms with Crippen molar-refractivity contribution in [3.8, 4) is 5.75 Å². The Bertz CT molecular complexity index is 1000. The van der Waals surface area contributed by atoms with Gasteiger partial charge < -0.3 is 19.6 Å². The fraction of sp³-hybridized carbons (Fsp3) is 0.333. The average molecular weight is 487 g/mol. The van der Waals surface area contributed by atoms with Gasteiger partial charge in [0.2, 0.25) is 0 Å². The Kier molecular flexibility index (Phi) is 7.51. The number of hydrogen-bond donors (Lipinski definition) is 1. The highest BCUT2D eigenvalue weighted by Crippen LogP contribution is 2.40. The van der Waals surface area contributed by atoms with E-state index < -0.39 is 17.7 Å². The summed E-state index contributed by atoms with van der Waals surface area (Å²) in [7, 11) is 1.53. The second-order valence-electron chi connectivity index (χ2n) is 7.31. The minimum absolute atomic E-state index is 0.0934. The number of carbonyl (C=O) groups is 2. The second-order valence-corrected chi connectivity index (χ2v) is 8.22. The minimum atomic E-state index is -0.676. The molecule has 2 aromatic rings. The van der Waals surface area contributed by atoms with E-state index in [0.29, 0.717) is 24.4 Å². The number of carbonyl (C=O) groups excluding carboxylic acids is 2. The molecule has 1 N–H and O–H groups in total. The molecule has 3 rings (SSSR count). The van der Waals surface area contributed by atoms with Crippen LogP contribution in [0.2, 0.25) is 0 Å². The molecule has 7 heteroatoms. The third-order valence-corrected chi connectivity index (χ3v) is 6.09. The largest absolute Gasteiger partial charge is 0.507 e. The number of hydrogen-bond acceptors (Lipinski definition) is 5. The molecule has 0 spiro atoms. The van der Waals surface area contributed by atoms with E-state index in [9.17, 15) is 14.7 Å². The topological polar surface area (TPSA) is 70.1 Å². The fourth-order valence-corrected chi connectivity index (χ4v) is 4.27. The van der Waals surface area contributed by atoms with Gasteiger partial charge in [-0.15, -0.1) is 0 Å². The molecule has 1 atom stereocenters. The van der Waals surface area contributed by atoms with Gasteiger partial charge >= 0.3 is 0 Å². The van der Waals surface area contributed by atoms with Crippen LogP contribution in [0.15, 0.2) is 58.6 Å². The van der Waals surface area contributed by atoms with Crippen LogP contribution in [-0.4, -0.2) is 59.9 Å². The average Bonchev–Trinajstić information content (AvgIpc) is 3.04. The lowest BCUT2D eigenvalue weighted by Crippen LogP contribution is -2.38. The number of rotatable bonds is 8. The van der Waals surface area contributed by atoms with E-state index in [0.717, 1.165) is 23.1 Å². The van der Waals surface area contributed by atoms with Crippen molar-refractivity contribution >= 4 is 33.4 Å². The molecule has 0 aromatic heterocycles. The molecular formula is C24H27BrN2O4. The predicted octanol–water partition coefficient (Wildman–Crippen LogP) is 4.22. The summed E-state index contributed by atoms with van der Waals surface area (Å²) >= 11 is 3.47. The smallest absolute Gasteiger partial charge is 0.295 e. The Morgan fingerprint density at radius 3 is 2.48 bits per heavy atom. The van der Waals surface area contributed by atoms with Crippen LogP contribution in [0.3, 0.4) is 0 Å². The molecule has 1 fully saturated rings. The van der Waals surface area contributed by atoms with Gasteiger partial charge in [0.05, 0.1) is 18.7 Å². The Labute approximate surface area is 191 Å². The van der Waals surface area contributed by atoms with Gasteiger partial charge in [-0.05, 0) is 42.9 Å². The molecular weight excluding hydrogens is 460 g/mol. The van der Waals surface area contributed by atoms with Gasteiger partial charge in [0.25, 0.3) is 11.7 Å². The van der Waals surface area contributed by atoms with E-state index in [1.54, 1.807) is 29.2 Å². The molecule has 1 amide bonds. The molecule has 1 saturated heterocycles. The number of aliphatic hydroxyl groups is 1. The maximum atomic E-state index is 13.1. The van der Waals surface area contributed by atoms with E-state index in [2.05, 4.69) is 34.7 Å². The van der Waals surface area contributed by atoms with Crippen molar-refractivity contribution in [3.63, 3.8) is 0 Å². The van der Waals surface area contributed by atoms with Gasteiger partial charge in [-0.25, -0.2) is 0 Å². The van der Waals surface area contributed by atoms with Crippen molar-refractivity contribution in [3.05, 3.63) is 69.7 Å². The molecule has 0 radical (unpaired) electrons. The summed E-state index contributed by atoms with van der Waals surface area (Å²) in [6.07, 6.45) is 0. The maximum absolute atomic E-state index is 13.1. The van der Waals surface area contributed by atoms with Crippen molar-refractivity contribution in [2.45, 2.75) is 19.9 Å². The van der Waals surface area contributed by atoms with E-state index in [4.69, 9.17) is 4.74 Å². The summed E-state index contributed by atoms with van der Waals surface area (Å²) in [6.45, 7) is 6.86. The molecule has 2 aromatic carbocycles. The van der Waals surface area contributed by atoms with Gasteiger partial charge in [0, 0.05) is 23.1 Å². The quantitative estimate of drug-likeness (QED) is 0.343. The van der Waals surface area contributed by atoms with Gasteiger partial charge in [-0.1, -0.05) is 54.0 Å². The zero-order chi connectivity index (χ0) is 22.5. The number of methoxy groups -OCH3 is 1. The number of ether oxygens (including phenoxy) is 1. The van der Waals surface area contributed by atoms with E-state index in [-0.39, 0.29) is 11.3 Å². The summed E-state index contributed by atoms with van der Waals surface area (Å²) in [5, 5.41) is 11.1. The van der Waals surface area contributed by atoms with Gasteiger partial charge in [-0.3, -0.25) is 9.59 Å². The lowest BCUT2D eigenvalue weighted by Gasteiger charge is -2.28. The minimum Gasteiger partial charge on any atom is -0.507 e. The molecule has 1 unspecified atom stereocenters. The first-order valence-electron chi connectivity index (χ1n) is 10.3.